The Morgan fingerprint density at radius 1 is 1.15 bits per heavy atom. The van der Waals surface area contributed by atoms with E-state index in [0.717, 1.165) is 0 Å². The van der Waals surface area contributed by atoms with E-state index in [1.165, 1.54) is 12.1 Å². The van der Waals surface area contributed by atoms with Crippen molar-refractivity contribution in [3.63, 3.8) is 0 Å². The summed E-state index contributed by atoms with van der Waals surface area (Å²) in [6.07, 6.45) is -0.285. The van der Waals surface area contributed by atoms with E-state index in [1.807, 2.05) is 0 Å². The summed E-state index contributed by atoms with van der Waals surface area (Å²) in [4.78, 5) is 27.9. The maximum atomic E-state index is 13.9. The maximum absolute atomic E-state index is 13.9. The van der Waals surface area contributed by atoms with Crippen LogP contribution in [0, 0.1) is 12.7 Å². The van der Waals surface area contributed by atoms with Crippen LogP contribution < -0.4 is 5.32 Å². The molecule has 138 valence electrons. The first-order valence-corrected chi connectivity index (χ1v) is 8.25. The molecule has 0 unspecified atom stereocenters. The molecule has 0 radical (unpaired) electrons. The van der Waals surface area contributed by atoms with Crippen LogP contribution in [0.5, 0.6) is 0 Å². The summed E-state index contributed by atoms with van der Waals surface area (Å²) in [5.41, 5.74) is 0.785. The van der Waals surface area contributed by atoms with Gasteiger partial charge in [0.1, 0.15) is 11.6 Å². The highest BCUT2D eigenvalue weighted by Crippen LogP contribution is 2.25. The number of benzene rings is 2. The van der Waals surface area contributed by atoms with Crippen molar-refractivity contribution in [3.05, 3.63) is 77.4 Å². The van der Waals surface area contributed by atoms with Crippen LogP contribution in [0.4, 0.5) is 4.39 Å². The number of hydrogen-bond acceptors (Lipinski definition) is 4. The van der Waals surface area contributed by atoms with Crippen molar-refractivity contribution >= 4 is 11.9 Å². The number of amides is 1. The zero-order chi connectivity index (χ0) is 19.4. The van der Waals surface area contributed by atoms with Crippen molar-refractivity contribution < 1.29 is 23.5 Å². The molecule has 0 spiro atoms. The van der Waals surface area contributed by atoms with Crippen molar-refractivity contribution in [2.24, 2.45) is 0 Å². The minimum atomic E-state index is -1.05. The zero-order valence-electron chi connectivity index (χ0n) is 14.5. The first-order valence-electron chi connectivity index (χ1n) is 8.25. The molecule has 3 rings (SSSR count). The van der Waals surface area contributed by atoms with Gasteiger partial charge >= 0.3 is 5.97 Å². The molecule has 0 aliphatic carbocycles. The number of aromatic nitrogens is 1. The average Bonchev–Trinajstić information content (AvgIpc) is 3.03. The Morgan fingerprint density at radius 2 is 1.81 bits per heavy atom. The van der Waals surface area contributed by atoms with Crippen LogP contribution in [0.25, 0.3) is 11.5 Å². The molecule has 1 amide bonds. The van der Waals surface area contributed by atoms with Gasteiger partial charge in [0.2, 0.25) is 5.89 Å². The fraction of sp³-hybridized carbons (Fsp3) is 0.150. The van der Waals surface area contributed by atoms with E-state index < -0.39 is 23.7 Å². The molecular formula is C20H17FN2O4. The van der Waals surface area contributed by atoms with Gasteiger partial charge in [0, 0.05) is 0 Å². The molecule has 1 aromatic heterocycles. The number of carboxylic acids is 1. The topological polar surface area (TPSA) is 92.4 Å². The van der Waals surface area contributed by atoms with Gasteiger partial charge in [0.15, 0.2) is 5.69 Å². The third-order valence-electron chi connectivity index (χ3n) is 4.00. The highest BCUT2D eigenvalue weighted by atomic mass is 19.1. The fourth-order valence-corrected chi connectivity index (χ4v) is 2.70. The van der Waals surface area contributed by atoms with Crippen LogP contribution in [0.1, 0.15) is 34.3 Å². The molecule has 0 aliphatic heterocycles. The standard InChI is InChI=1S/C20H17FN2O4/c1-12-18(23-20(27-12)14-9-5-6-10-15(14)21)19(26)22-16(11-17(24)25)13-7-3-2-4-8-13/h2-10,16H,11H2,1H3,(H,22,26)(H,24,25)/t16-/m0/s1. The second-order valence-corrected chi connectivity index (χ2v) is 5.94. The number of halogens is 1. The smallest absolute Gasteiger partial charge is 0.305 e. The molecule has 2 aromatic carbocycles. The molecule has 2 N–H and O–H groups in total. The maximum Gasteiger partial charge on any atom is 0.305 e. The minimum absolute atomic E-state index is 0.00903. The lowest BCUT2D eigenvalue weighted by molar-refractivity contribution is -0.137. The van der Waals surface area contributed by atoms with Crippen LogP contribution in [-0.4, -0.2) is 22.0 Å². The fourth-order valence-electron chi connectivity index (χ4n) is 2.70. The summed E-state index contributed by atoms with van der Waals surface area (Å²) in [5, 5.41) is 11.8. The summed E-state index contributed by atoms with van der Waals surface area (Å²) in [6.45, 7) is 1.54. The van der Waals surface area contributed by atoms with E-state index in [9.17, 15) is 14.0 Å². The molecule has 7 heteroatoms. The third kappa shape index (κ3) is 4.20. The first-order chi connectivity index (χ1) is 13.0. The number of hydrogen-bond donors (Lipinski definition) is 2. The molecule has 0 saturated carbocycles. The van der Waals surface area contributed by atoms with Crippen molar-refractivity contribution in [2.75, 3.05) is 0 Å². The Balaban J connectivity index is 1.87. The zero-order valence-corrected chi connectivity index (χ0v) is 14.5. The largest absolute Gasteiger partial charge is 0.481 e. The third-order valence-corrected chi connectivity index (χ3v) is 4.00. The highest BCUT2D eigenvalue weighted by Gasteiger charge is 2.24. The predicted octanol–water partition coefficient (Wildman–Crippen LogP) is 3.73. The van der Waals surface area contributed by atoms with Crippen LogP contribution in [0.2, 0.25) is 0 Å². The van der Waals surface area contributed by atoms with E-state index in [-0.39, 0.29) is 29.3 Å². The van der Waals surface area contributed by atoms with Crippen molar-refractivity contribution in [3.8, 4) is 11.5 Å². The van der Waals surface area contributed by atoms with Gasteiger partial charge in [-0.15, -0.1) is 0 Å². The van der Waals surface area contributed by atoms with Crippen LogP contribution >= 0.6 is 0 Å². The van der Waals surface area contributed by atoms with E-state index in [0.29, 0.717) is 5.56 Å². The highest BCUT2D eigenvalue weighted by molar-refractivity contribution is 5.94. The van der Waals surface area contributed by atoms with Gasteiger partial charge in [0.25, 0.3) is 5.91 Å². The Bertz CT molecular complexity index is 969. The van der Waals surface area contributed by atoms with Gasteiger partial charge < -0.3 is 14.8 Å². The van der Waals surface area contributed by atoms with E-state index in [4.69, 9.17) is 9.52 Å². The number of rotatable bonds is 6. The number of carbonyl (C=O) groups excluding carboxylic acids is 1. The molecule has 3 aromatic rings. The van der Waals surface area contributed by atoms with E-state index in [1.54, 1.807) is 49.4 Å². The second kappa shape index (κ2) is 7.82. The molecule has 0 aliphatic rings. The molecule has 0 fully saturated rings. The number of aliphatic carboxylic acids is 1. The van der Waals surface area contributed by atoms with E-state index >= 15 is 0 Å². The summed E-state index contributed by atoms with van der Waals surface area (Å²) in [5.74, 6) is -1.95. The lowest BCUT2D eigenvalue weighted by Crippen LogP contribution is -2.30. The number of carboxylic acid groups (broad SMARTS) is 1. The molecule has 0 bridgehead atoms. The Kier molecular flexibility index (Phi) is 5.30. The molecule has 27 heavy (non-hydrogen) atoms. The van der Waals surface area contributed by atoms with E-state index in [2.05, 4.69) is 10.3 Å². The molecule has 6 nitrogen and oxygen atoms in total. The number of oxazole rings is 1. The summed E-state index contributed by atoms with van der Waals surface area (Å²) >= 11 is 0. The SMILES string of the molecule is Cc1oc(-c2ccccc2F)nc1C(=O)N[C@@H](CC(=O)O)c1ccccc1. The van der Waals surface area contributed by atoms with Gasteiger partial charge in [-0.2, -0.15) is 0 Å². The summed E-state index contributed by atoms with van der Waals surface area (Å²) in [6, 6.07) is 14.0. The number of nitrogens with zero attached hydrogens (tertiary/aromatic N) is 1. The number of carbonyl (C=O) groups is 2. The van der Waals surface area contributed by atoms with Crippen LogP contribution in [0.15, 0.2) is 59.0 Å². The monoisotopic (exact) mass is 368 g/mol. The van der Waals surface area contributed by atoms with Gasteiger partial charge in [0.05, 0.1) is 18.0 Å². The molecule has 1 atom stereocenters. The Labute approximate surface area is 154 Å². The minimum Gasteiger partial charge on any atom is -0.481 e. The van der Waals surface area contributed by atoms with Gasteiger partial charge in [-0.25, -0.2) is 9.37 Å². The van der Waals surface area contributed by atoms with Crippen molar-refractivity contribution in [2.45, 2.75) is 19.4 Å². The van der Waals surface area contributed by atoms with Crippen LogP contribution in [0.3, 0.4) is 0 Å². The lowest BCUT2D eigenvalue weighted by Gasteiger charge is -2.16. The summed E-state index contributed by atoms with van der Waals surface area (Å²) in [7, 11) is 0. The quantitative estimate of drug-likeness (QED) is 0.691. The second-order valence-electron chi connectivity index (χ2n) is 5.94. The van der Waals surface area contributed by atoms with Gasteiger partial charge in [-0.1, -0.05) is 42.5 Å². The Morgan fingerprint density at radius 3 is 2.48 bits per heavy atom. The van der Waals surface area contributed by atoms with Crippen molar-refractivity contribution in [1.82, 2.24) is 10.3 Å². The molecule has 1 heterocycles. The molecular weight excluding hydrogens is 351 g/mol. The number of nitrogens with one attached hydrogen (secondary N) is 1. The van der Waals surface area contributed by atoms with Gasteiger partial charge in [-0.3, -0.25) is 9.59 Å². The predicted molar refractivity (Wildman–Crippen MR) is 95.5 cm³/mol. The Hall–Kier alpha value is -3.48. The van der Waals surface area contributed by atoms with Gasteiger partial charge in [-0.05, 0) is 24.6 Å². The number of aryl methyl sites for hydroxylation is 1. The normalized spacial score (nSPS) is 11.8. The first kappa shape index (κ1) is 18.3. The lowest BCUT2D eigenvalue weighted by atomic mass is 10.0. The average molecular weight is 368 g/mol. The van der Waals surface area contributed by atoms with Crippen LogP contribution in [-0.2, 0) is 4.79 Å². The molecule has 0 saturated heterocycles. The summed E-state index contributed by atoms with van der Waals surface area (Å²) < 4.78 is 19.4. The van der Waals surface area contributed by atoms with Crippen molar-refractivity contribution in [1.29, 1.82) is 0 Å².